The molecule has 2 nitrogen and oxygen atoms in total. The van der Waals surface area contributed by atoms with E-state index in [-0.39, 0.29) is 11.9 Å². The van der Waals surface area contributed by atoms with E-state index in [1.165, 1.54) is 12.1 Å². The van der Waals surface area contributed by atoms with Crippen molar-refractivity contribution in [2.45, 2.75) is 25.5 Å². The van der Waals surface area contributed by atoms with Gasteiger partial charge in [0, 0.05) is 12.3 Å². The summed E-state index contributed by atoms with van der Waals surface area (Å²) in [6, 6.07) is 6.83. The first kappa shape index (κ1) is 9.46. The van der Waals surface area contributed by atoms with Crippen molar-refractivity contribution in [1.82, 2.24) is 0 Å². The number of nitrogens with one attached hydrogen (secondary N) is 1. The van der Waals surface area contributed by atoms with E-state index in [2.05, 4.69) is 5.32 Å². The lowest BCUT2D eigenvalue weighted by Crippen LogP contribution is -2.26. The summed E-state index contributed by atoms with van der Waals surface area (Å²) in [7, 11) is 0. The monoisotopic (exact) mass is 195 g/mol. The van der Waals surface area contributed by atoms with Gasteiger partial charge in [-0.1, -0.05) is 6.07 Å². The molecule has 0 radical (unpaired) electrons. The number of hydrogen-bond donors (Lipinski definition) is 1. The molecule has 1 aromatic rings. The minimum absolute atomic E-state index is 0.207. The third kappa shape index (κ3) is 2.04. The molecule has 0 bridgehead atoms. The van der Waals surface area contributed by atoms with Crippen molar-refractivity contribution in [2.75, 3.05) is 11.9 Å². The third-order valence-electron chi connectivity index (χ3n) is 2.55. The second kappa shape index (κ2) is 3.96. The van der Waals surface area contributed by atoms with Crippen LogP contribution in [0.3, 0.4) is 0 Å². The maximum atomic E-state index is 12.9. The molecule has 3 heteroatoms. The van der Waals surface area contributed by atoms with Crippen LogP contribution in [0.2, 0.25) is 0 Å². The minimum Gasteiger partial charge on any atom is -0.380 e. The van der Waals surface area contributed by atoms with Gasteiger partial charge in [-0.2, -0.15) is 0 Å². The molecule has 0 aromatic heterocycles. The molecule has 1 fully saturated rings. The van der Waals surface area contributed by atoms with Gasteiger partial charge in [-0.15, -0.1) is 0 Å². The van der Waals surface area contributed by atoms with E-state index < -0.39 is 0 Å². The van der Waals surface area contributed by atoms with Crippen molar-refractivity contribution < 1.29 is 9.13 Å². The first-order chi connectivity index (χ1) is 6.75. The number of rotatable bonds is 2. The maximum absolute atomic E-state index is 12.9. The first-order valence-corrected chi connectivity index (χ1v) is 4.89. The molecule has 76 valence electrons. The van der Waals surface area contributed by atoms with Crippen LogP contribution in [0.5, 0.6) is 0 Å². The van der Waals surface area contributed by atoms with Crippen molar-refractivity contribution in [3.05, 3.63) is 30.1 Å². The van der Waals surface area contributed by atoms with Crippen molar-refractivity contribution in [2.24, 2.45) is 0 Å². The van der Waals surface area contributed by atoms with Gasteiger partial charge in [-0.05, 0) is 31.5 Å². The zero-order chi connectivity index (χ0) is 9.97. The van der Waals surface area contributed by atoms with Crippen molar-refractivity contribution in [1.29, 1.82) is 0 Å². The Hall–Kier alpha value is -1.09. The zero-order valence-electron chi connectivity index (χ0n) is 8.16. The van der Waals surface area contributed by atoms with Crippen LogP contribution in [0.25, 0.3) is 0 Å². The highest BCUT2D eigenvalue weighted by Gasteiger charge is 2.23. The average molecular weight is 195 g/mol. The summed E-state index contributed by atoms with van der Waals surface area (Å²) in [4.78, 5) is 0. The molecule has 0 aliphatic carbocycles. The Balaban J connectivity index is 2.03. The Kier molecular flexibility index (Phi) is 2.68. The van der Waals surface area contributed by atoms with E-state index >= 15 is 0 Å². The lowest BCUT2D eigenvalue weighted by molar-refractivity contribution is 0.121. The second-order valence-corrected chi connectivity index (χ2v) is 3.63. The summed E-state index contributed by atoms with van der Waals surface area (Å²) >= 11 is 0. The molecular formula is C11H14FNO. The fourth-order valence-electron chi connectivity index (χ4n) is 1.71. The summed E-state index contributed by atoms with van der Waals surface area (Å²) in [5, 5.41) is 3.27. The van der Waals surface area contributed by atoms with E-state index in [9.17, 15) is 4.39 Å². The Labute approximate surface area is 83.1 Å². The minimum atomic E-state index is -0.207. The molecule has 0 saturated carbocycles. The van der Waals surface area contributed by atoms with E-state index in [0.717, 1.165) is 18.7 Å². The van der Waals surface area contributed by atoms with Gasteiger partial charge in [0.15, 0.2) is 0 Å². The topological polar surface area (TPSA) is 21.3 Å². The Bertz CT molecular complexity index is 316. The molecule has 1 N–H and O–H groups in total. The predicted octanol–water partition coefficient (Wildman–Crippen LogP) is 2.42. The molecule has 1 aliphatic heterocycles. The molecular weight excluding hydrogens is 181 g/mol. The lowest BCUT2D eigenvalue weighted by atomic mass is 10.1. The van der Waals surface area contributed by atoms with Crippen LogP contribution in [0.1, 0.15) is 13.3 Å². The lowest BCUT2D eigenvalue weighted by Gasteiger charge is -2.17. The third-order valence-corrected chi connectivity index (χ3v) is 2.55. The van der Waals surface area contributed by atoms with Crippen molar-refractivity contribution in [3.63, 3.8) is 0 Å². The predicted molar refractivity (Wildman–Crippen MR) is 53.8 cm³/mol. The summed E-state index contributed by atoms with van der Waals surface area (Å²) in [5.74, 6) is -0.207. The van der Waals surface area contributed by atoms with Crippen molar-refractivity contribution >= 4 is 5.69 Å². The molecule has 2 atom stereocenters. The molecule has 14 heavy (non-hydrogen) atoms. The van der Waals surface area contributed by atoms with Crippen LogP contribution in [0.15, 0.2) is 24.3 Å². The maximum Gasteiger partial charge on any atom is 0.125 e. The molecule has 1 saturated heterocycles. The van der Waals surface area contributed by atoms with Crippen molar-refractivity contribution in [3.8, 4) is 0 Å². The summed E-state index contributed by atoms with van der Waals surface area (Å²) < 4.78 is 18.3. The largest absolute Gasteiger partial charge is 0.380 e. The second-order valence-electron chi connectivity index (χ2n) is 3.63. The van der Waals surface area contributed by atoms with Crippen LogP contribution in [0, 0.1) is 5.82 Å². The van der Waals surface area contributed by atoms with Crippen LogP contribution in [0.4, 0.5) is 10.1 Å². The van der Waals surface area contributed by atoms with E-state index in [1.807, 2.05) is 13.0 Å². The highest BCUT2D eigenvalue weighted by molar-refractivity contribution is 5.44. The van der Waals surface area contributed by atoms with Gasteiger partial charge in [0.2, 0.25) is 0 Å². The van der Waals surface area contributed by atoms with E-state index in [1.54, 1.807) is 6.07 Å². The van der Waals surface area contributed by atoms with Gasteiger partial charge in [0.25, 0.3) is 0 Å². The molecule has 1 heterocycles. The van der Waals surface area contributed by atoms with Gasteiger partial charge in [-0.3, -0.25) is 0 Å². The van der Waals surface area contributed by atoms with Gasteiger partial charge >= 0.3 is 0 Å². The smallest absolute Gasteiger partial charge is 0.125 e. The van der Waals surface area contributed by atoms with Gasteiger partial charge < -0.3 is 10.1 Å². The van der Waals surface area contributed by atoms with Gasteiger partial charge in [0.1, 0.15) is 5.82 Å². The molecule has 0 spiro atoms. The van der Waals surface area contributed by atoms with Crippen LogP contribution < -0.4 is 5.32 Å². The number of hydrogen-bond acceptors (Lipinski definition) is 2. The molecule has 2 rings (SSSR count). The number of halogens is 1. The summed E-state index contributed by atoms with van der Waals surface area (Å²) in [5.41, 5.74) is 0.826. The summed E-state index contributed by atoms with van der Waals surface area (Å²) in [6.45, 7) is 2.82. The molecule has 1 aliphatic rings. The number of ether oxygens (including phenoxy) is 1. The number of anilines is 1. The fourth-order valence-corrected chi connectivity index (χ4v) is 1.71. The van der Waals surface area contributed by atoms with Gasteiger partial charge in [0.05, 0.1) is 12.1 Å². The highest BCUT2D eigenvalue weighted by atomic mass is 19.1. The van der Waals surface area contributed by atoms with E-state index in [4.69, 9.17) is 4.74 Å². The Morgan fingerprint density at radius 3 is 3.00 bits per heavy atom. The standard InChI is InChI=1S/C11H14FNO/c1-8-11(5-6-14-8)13-10-4-2-3-9(12)7-10/h2-4,7-8,11,13H,5-6H2,1H3/t8-,11+/m0/s1. The summed E-state index contributed by atoms with van der Waals surface area (Å²) in [6.07, 6.45) is 1.19. The molecule has 1 aromatic carbocycles. The van der Waals surface area contributed by atoms with Crippen LogP contribution in [-0.4, -0.2) is 18.8 Å². The molecule has 0 unspecified atom stereocenters. The quantitative estimate of drug-likeness (QED) is 0.782. The number of benzene rings is 1. The molecule has 0 amide bonds. The Morgan fingerprint density at radius 2 is 2.36 bits per heavy atom. The van der Waals surface area contributed by atoms with Gasteiger partial charge in [-0.25, -0.2) is 4.39 Å². The fraction of sp³-hybridized carbons (Fsp3) is 0.455. The SMILES string of the molecule is C[C@@H]1OCC[C@H]1Nc1cccc(F)c1. The normalized spacial score (nSPS) is 26.4. The zero-order valence-corrected chi connectivity index (χ0v) is 8.16. The van der Waals surface area contributed by atoms with Crippen LogP contribution in [-0.2, 0) is 4.74 Å². The van der Waals surface area contributed by atoms with E-state index in [0.29, 0.717) is 6.04 Å². The van der Waals surface area contributed by atoms with Crippen LogP contribution >= 0.6 is 0 Å². The first-order valence-electron chi connectivity index (χ1n) is 4.89. The Morgan fingerprint density at radius 1 is 1.50 bits per heavy atom. The average Bonchev–Trinajstić information content (AvgIpc) is 2.52. The highest BCUT2D eigenvalue weighted by Crippen LogP contribution is 2.19.